The lowest BCUT2D eigenvalue weighted by Gasteiger charge is -2.21. The third kappa shape index (κ3) is 5.19. The lowest BCUT2D eigenvalue weighted by molar-refractivity contribution is -0.138. The van der Waals surface area contributed by atoms with Crippen molar-refractivity contribution >= 4 is 17.9 Å². The quantitative estimate of drug-likeness (QED) is 0.615. The smallest absolute Gasteiger partial charge is 0.325 e. The number of likely N-dealkylation sites (N-methyl/N-ethyl adjacent to an activating group) is 1. The summed E-state index contributed by atoms with van der Waals surface area (Å²) >= 11 is 0. The van der Waals surface area contributed by atoms with E-state index in [1.807, 2.05) is 6.92 Å². The molecule has 0 heterocycles. The summed E-state index contributed by atoms with van der Waals surface area (Å²) in [7, 11) is 1.62. The van der Waals surface area contributed by atoms with Crippen LogP contribution in [0.5, 0.6) is 0 Å². The maximum atomic E-state index is 11.6. The number of carboxylic acids is 1. The van der Waals surface area contributed by atoms with Crippen LogP contribution in [-0.4, -0.2) is 53.6 Å². The number of urea groups is 1. The average molecular weight is 245 g/mol. The first-order valence-corrected chi connectivity index (χ1v) is 5.34. The summed E-state index contributed by atoms with van der Waals surface area (Å²) in [6.45, 7) is 5.24. The van der Waals surface area contributed by atoms with Gasteiger partial charge in [0.1, 0.15) is 12.1 Å². The number of carbonyl (C=O) groups is 3. The highest BCUT2D eigenvalue weighted by Crippen LogP contribution is 1.91. The van der Waals surface area contributed by atoms with Gasteiger partial charge in [-0.2, -0.15) is 0 Å². The van der Waals surface area contributed by atoms with E-state index in [9.17, 15) is 14.4 Å². The third-order valence-electron chi connectivity index (χ3n) is 2.29. The molecule has 0 saturated heterocycles. The summed E-state index contributed by atoms with van der Waals surface area (Å²) in [6, 6.07) is -2.37. The van der Waals surface area contributed by atoms with Crippen molar-refractivity contribution in [2.24, 2.45) is 0 Å². The third-order valence-corrected chi connectivity index (χ3v) is 2.29. The highest BCUT2D eigenvalue weighted by atomic mass is 16.4. The summed E-state index contributed by atoms with van der Waals surface area (Å²) in [6.07, 6.45) is 0. The van der Waals surface area contributed by atoms with Gasteiger partial charge in [0.15, 0.2) is 0 Å². The molecule has 3 amide bonds. The topological polar surface area (TPSA) is 98.7 Å². The van der Waals surface area contributed by atoms with Gasteiger partial charge in [-0.3, -0.25) is 9.59 Å². The Morgan fingerprint density at radius 3 is 2.06 bits per heavy atom. The number of nitrogens with one attached hydrogen (secondary N) is 2. The van der Waals surface area contributed by atoms with Gasteiger partial charge in [-0.15, -0.1) is 0 Å². The number of carboxylic acid groups (broad SMARTS) is 1. The minimum absolute atomic E-state index is 0.231. The molecule has 98 valence electrons. The lowest BCUT2D eigenvalue weighted by atomic mass is 10.3. The van der Waals surface area contributed by atoms with E-state index in [0.717, 1.165) is 0 Å². The molecule has 7 heteroatoms. The lowest BCUT2D eigenvalue weighted by Crippen LogP contribution is -2.51. The van der Waals surface area contributed by atoms with Crippen molar-refractivity contribution in [1.82, 2.24) is 15.5 Å². The molecule has 3 N–H and O–H groups in total. The molecule has 0 fully saturated rings. The van der Waals surface area contributed by atoms with Gasteiger partial charge in [-0.25, -0.2) is 4.79 Å². The van der Waals surface area contributed by atoms with Crippen LogP contribution in [-0.2, 0) is 9.59 Å². The molecule has 0 aliphatic carbocycles. The molecule has 0 bridgehead atoms. The molecule has 7 nitrogen and oxygen atoms in total. The second-order valence-corrected chi connectivity index (χ2v) is 3.75. The zero-order valence-electron chi connectivity index (χ0n) is 10.5. The fourth-order valence-electron chi connectivity index (χ4n) is 1.04. The molecule has 0 radical (unpaired) electrons. The fraction of sp³-hybridized carbons (Fsp3) is 0.700. The zero-order chi connectivity index (χ0) is 13.6. The van der Waals surface area contributed by atoms with Crippen LogP contribution in [0.3, 0.4) is 0 Å². The summed E-state index contributed by atoms with van der Waals surface area (Å²) in [4.78, 5) is 34.9. The van der Waals surface area contributed by atoms with E-state index >= 15 is 0 Å². The predicted octanol–water partition coefficient (Wildman–Crippen LogP) is -0.374. The van der Waals surface area contributed by atoms with Crippen molar-refractivity contribution in [3.05, 3.63) is 0 Å². The van der Waals surface area contributed by atoms with Crippen LogP contribution in [0.25, 0.3) is 0 Å². The normalized spacial score (nSPS) is 13.4. The van der Waals surface area contributed by atoms with Crippen molar-refractivity contribution in [3.63, 3.8) is 0 Å². The number of rotatable bonds is 5. The Kier molecular flexibility index (Phi) is 6.01. The van der Waals surface area contributed by atoms with Gasteiger partial charge in [0.2, 0.25) is 5.91 Å². The Morgan fingerprint density at radius 2 is 1.65 bits per heavy atom. The first kappa shape index (κ1) is 15.2. The van der Waals surface area contributed by atoms with Crippen molar-refractivity contribution in [2.45, 2.75) is 32.9 Å². The summed E-state index contributed by atoms with van der Waals surface area (Å²) in [5.41, 5.74) is 0. The van der Waals surface area contributed by atoms with E-state index in [1.54, 1.807) is 14.0 Å². The molecule has 0 spiro atoms. The molecule has 0 aliphatic heterocycles. The molecule has 0 aliphatic rings. The minimum Gasteiger partial charge on any atom is -0.480 e. The Balaban J connectivity index is 4.21. The van der Waals surface area contributed by atoms with Gasteiger partial charge in [0, 0.05) is 13.6 Å². The number of hydrogen-bond acceptors (Lipinski definition) is 3. The van der Waals surface area contributed by atoms with Gasteiger partial charge in [-0.1, -0.05) is 0 Å². The number of nitrogens with zero attached hydrogens (tertiary/aromatic N) is 1. The van der Waals surface area contributed by atoms with Crippen LogP contribution in [0, 0.1) is 0 Å². The van der Waals surface area contributed by atoms with E-state index in [1.165, 1.54) is 11.8 Å². The van der Waals surface area contributed by atoms with Crippen molar-refractivity contribution in [1.29, 1.82) is 0 Å². The summed E-state index contributed by atoms with van der Waals surface area (Å²) < 4.78 is 0. The molecule has 2 unspecified atom stereocenters. The second kappa shape index (κ2) is 6.72. The van der Waals surface area contributed by atoms with Crippen molar-refractivity contribution in [3.8, 4) is 0 Å². The zero-order valence-corrected chi connectivity index (χ0v) is 10.5. The molecule has 17 heavy (non-hydrogen) atoms. The van der Waals surface area contributed by atoms with E-state index < -0.39 is 24.1 Å². The molecular formula is C10H19N3O4. The van der Waals surface area contributed by atoms with Crippen LogP contribution in [0.15, 0.2) is 0 Å². The number of amides is 3. The maximum Gasteiger partial charge on any atom is 0.325 e. The van der Waals surface area contributed by atoms with Crippen LogP contribution in [0.4, 0.5) is 4.79 Å². The minimum atomic E-state index is -1.13. The molecular weight excluding hydrogens is 226 g/mol. The molecule has 0 aromatic carbocycles. The number of aliphatic carboxylic acids is 1. The first-order valence-electron chi connectivity index (χ1n) is 5.34. The van der Waals surface area contributed by atoms with E-state index in [4.69, 9.17) is 5.11 Å². The number of carbonyl (C=O) groups excluding carboxylic acids is 2. The SMILES string of the molecule is CCN(C)C(=O)C(C)NC(=O)NC(C)C(=O)O. The molecule has 0 aromatic heterocycles. The second-order valence-electron chi connectivity index (χ2n) is 3.75. The standard InChI is InChI=1S/C10H19N3O4/c1-5-13(4)8(14)6(2)11-10(17)12-7(3)9(15)16/h6-7H,5H2,1-4H3,(H,15,16)(H2,11,12,17). The van der Waals surface area contributed by atoms with E-state index in [-0.39, 0.29) is 5.91 Å². The highest BCUT2D eigenvalue weighted by molar-refractivity contribution is 5.88. The van der Waals surface area contributed by atoms with Gasteiger partial charge in [0.05, 0.1) is 0 Å². The van der Waals surface area contributed by atoms with Crippen molar-refractivity contribution in [2.75, 3.05) is 13.6 Å². The van der Waals surface area contributed by atoms with Gasteiger partial charge in [-0.05, 0) is 20.8 Å². The number of hydrogen-bond donors (Lipinski definition) is 3. The fourth-order valence-corrected chi connectivity index (χ4v) is 1.04. The largest absolute Gasteiger partial charge is 0.480 e. The average Bonchev–Trinajstić information content (AvgIpc) is 2.26. The maximum absolute atomic E-state index is 11.6. The van der Waals surface area contributed by atoms with Crippen LogP contribution >= 0.6 is 0 Å². The monoisotopic (exact) mass is 245 g/mol. The van der Waals surface area contributed by atoms with Crippen LogP contribution in [0.1, 0.15) is 20.8 Å². The van der Waals surface area contributed by atoms with Crippen LogP contribution < -0.4 is 10.6 Å². The van der Waals surface area contributed by atoms with Gasteiger partial charge < -0.3 is 20.6 Å². The Morgan fingerprint density at radius 1 is 1.18 bits per heavy atom. The van der Waals surface area contributed by atoms with Gasteiger partial charge >= 0.3 is 12.0 Å². The van der Waals surface area contributed by atoms with Gasteiger partial charge in [0.25, 0.3) is 0 Å². The summed E-state index contributed by atoms with van der Waals surface area (Å²) in [5, 5.41) is 13.2. The molecule has 0 rings (SSSR count). The predicted molar refractivity (Wildman–Crippen MR) is 61.5 cm³/mol. The Labute approximate surface area is 100 Å². The Hall–Kier alpha value is -1.79. The molecule has 0 saturated carbocycles. The summed E-state index contributed by atoms with van der Waals surface area (Å²) in [5.74, 6) is -1.37. The van der Waals surface area contributed by atoms with E-state index in [2.05, 4.69) is 10.6 Å². The van der Waals surface area contributed by atoms with Crippen molar-refractivity contribution < 1.29 is 19.5 Å². The van der Waals surface area contributed by atoms with E-state index in [0.29, 0.717) is 6.54 Å². The molecule has 0 aromatic rings. The molecule has 2 atom stereocenters. The highest BCUT2D eigenvalue weighted by Gasteiger charge is 2.20. The Bertz CT molecular complexity index is 306. The van der Waals surface area contributed by atoms with Crippen LogP contribution in [0.2, 0.25) is 0 Å². The first-order chi connectivity index (χ1) is 7.79.